The maximum atomic E-state index is 13.0. The van der Waals surface area contributed by atoms with Crippen LogP contribution in [0.1, 0.15) is 11.6 Å². The van der Waals surface area contributed by atoms with Crippen LogP contribution >= 0.6 is 0 Å². The van der Waals surface area contributed by atoms with E-state index in [1.807, 2.05) is 35.2 Å². The standard InChI is InChI=1S/C18H24N4O4/c1-19-14(23)11-21-7-9-22(10-8-21)18(25)17-16(20-15(24)12-26-17)13-5-3-2-4-6-13/h2-6,16-17H,7-12H2,1H3,(H,19,23)(H,20,24)/t16-,17+/m1/s1. The Morgan fingerprint density at radius 3 is 2.54 bits per heavy atom. The molecule has 0 aromatic heterocycles. The van der Waals surface area contributed by atoms with Crippen molar-refractivity contribution in [2.24, 2.45) is 0 Å². The van der Waals surface area contributed by atoms with Gasteiger partial charge in [0.15, 0.2) is 6.10 Å². The Morgan fingerprint density at radius 1 is 1.19 bits per heavy atom. The number of nitrogens with zero attached hydrogens (tertiary/aromatic N) is 2. The number of morpholine rings is 1. The molecule has 0 aliphatic carbocycles. The monoisotopic (exact) mass is 360 g/mol. The Kier molecular flexibility index (Phi) is 5.85. The first-order chi connectivity index (χ1) is 12.6. The molecule has 8 nitrogen and oxygen atoms in total. The van der Waals surface area contributed by atoms with Gasteiger partial charge >= 0.3 is 0 Å². The summed E-state index contributed by atoms with van der Waals surface area (Å²) in [6.07, 6.45) is -0.736. The van der Waals surface area contributed by atoms with Gasteiger partial charge < -0.3 is 20.3 Å². The number of carbonyl (C=O) groups is 3. The third kappa shape index (κ3) is 4.20. The molecule has 0 unspecified atom stereocenters. The summed E-state index contributed by atoms with van der Waals surface area (Å²) in [5.41, 5.74) is 0.845. The lowest BCUT2D eigenvalue weighted by Crippen LogP contribution is -2.57. The summed E-state index contributed by atoms with van der Waals surface area (Å²) in [4.78, 5) is 40.0. The summed E-state index contributed by atoms with van der Waals surface area (Å²) in [5, 5.41) is 5.48. The summed E-state index contributed by atoms with van der Waals surface area (Å²) < 4.78 is 5.60. The first-order valence-electron chi connectivity index (χ1n) is 8.76. The fourth-order valence-electron chi connectivity index (χ4n) is 3.27. The van der Waals surface area contributed by atoms with Crippen LogP contribution in [0.2, 0.25) is 0 Å². The van der Waals surface area contributed by atoms with E-state index in [-0.39, 0.29) is 24.3 Å². The number of hydrogen-bond donors (Lipinski definition) is 2. The lowest BCUT2D eigenvalue weighted by atomic mass is 9.98. The van der Waals surface area contributed by atoms with Crippen LogP contribution in [0.3, 0.4) is 0 Å². The largest absolute Gasteiger partial charge is 0.358 e. The van der Waals surface area contributed by atoms with Gasteiger partial charge in [-0.25, -0.2) is 0 Å². The van der Waals surface area contributed by atoms with E-state index in [1.165, 1.54) is 0 Å². The quantitative estimate of drug-likeness (QED) is 0.729. The number of amides is 3. The highest BCUT2D eigenvalue weighted by molar-refractivity contribution is 5.86. The molecule has 2 atom stereocenters. The van der Waals surface area contributed by atoms with E-state index in [1.54, 1.807) is 11.9 Å². The molecule has 2 saturated heterocycles. The molecule has 0 saturated carbocycles. The van der Waals surface area contributed by atoms with Crippen molar-refractivity contribution >= 4 is 17.7 Å². The highest BCUT2D eigenvalue weighted by Crippen LogP contribution is 2.24. The van der Waals surface area contributed by atoms with Gasteiger partial charge in [-0.1, -0.05) is 30.3 Å². The van der Waals surface area contributed by atoms with Crippen LogP contribution in [0.15, 0.2) is 30.3 Å². The van der Waals surface area contributed by atoms with Crippen molar-refractivity contribution in [1.82, 2.24) is 20.4 Å². The number of nitrogens with one attached hydrogen (secondary N) is 2. The molecule has 3 rings (SSSR count). The molecule has 0 spiro atoms. The normalized spacial score (nSPS) is 24.0. The van der Waals surface area contributed by atoms with Crippen molar-refractivity contribution in [2.75, 3.05) is 46.4 Å². The van der Waals surface area contributed by atoms with Crippen molar-refractivity contribution in [3.63, 3.8) is 0 Å². The molecule has 2 aliphatic rings. The van der Waals surface area contributed by atoms with E-state index in [0.29, 0.717) is 32.7 Å². The summed E-state index contributed by atoms with van der Waals surface area (Å²) >= 11 is 0. The summed E-state index contributed by atoms with van der Waals surface area (Å²) in [6.45, 7) is 2.55. The third-order valence-corrected chi connectivity index (χ3v) is 4.75. The average Bonchev–Trinajstić information content (AvgIpc) is 2.68. The van der Waals surface area contributed by atoms with Crippen LogP contribution in [0.5, 0.6) is 0 Å². The van der Waals surface area contributed by atoms with Crippen LogP contribution in [-0.4, -0.2) is 80.0 Å². The Hall–Kier alpha value is -2.45. The molecule has 1 aromatic rings. The number of rotatable bonds is 4. The Balaban J connectivity index is 1.64. The zero-order valence-corrected chi connectivity index (χ0v) is 14.8. The van der Waals surface area contributed by atoms with Gasteiger partial charge in [0.1, 0.15) is 6.61 Å². The van der Waals surface area contributed by atoms with E-state index in [4.69, 9.17) is 4.74 Å². The van der Waals surface area contributed by atoms with Gasteiger partial charge in [0.25, 0.3) is 5.91 Å². The molecular weight excluding hydrogens is 336 g/mol. The molecule has 2 heterocycles. The number of benzene rings is 1. The maximum Gasteiger partial charge on any atom is 0.254 e. The average molecular weight is 360 g/mol. The highest BCUT2D eigenvalue weighted by atomic mass is 16.5. The van der Waals surface area contributed by atoms with Crippen LogP contribution in [0.25, 0.3) is 0 Å². The Labute approximate surface area is 152 Å². The molecule has 1 aromatic carbocycles. The second kappa shape index (κ2) is 8.29. The third-order valence-electron chi connectivity index (χ3n) is 4.75. The van der Waals surface area contributed by atoms with Crippen molar-refractivity contribution in [2.45, 2.75) is 12.1 Å². The lowest BCUT2D eigenvalue weighted by Gasteiger charge is -2.39. The predicted molar refractivity (Wildman–Crippen MR) is 94.2 cm³/mol. The fourth-order valence-corrected chi connectivity index (χ4v) is 3.27. The Morgan fingerprint density at radius 2 is 1.88 bits per heavy atom. The Bertz CT molecular complexity index is 658. The van der Waals surface area contributed by atoms with Crippen molar-refractivity contribution in [3.05, 3.63) is 35.9 Å². The second-order valence-electron chi connectivity index (χ2n) is 6.46. The van der Waals surface area contributed by atoms with Crippen LogP contribution < -0.4 is 10.6 Å². The summed E-state index contributed by atoms with van der Waals surface area (Å²) in [7, 11) is 1.61. The minimum atomic E-state index is -0.736. The van der Waals surface area contributed by atoms with E-state index >= 15 is 0 Å². The zero-order valence-electron chi connectivity index (χ0n) is 14.8. The van der Waals surface area contributed by atoms with Gasteiger partial charge in [-0.3, -0.25) is 19.3 Å². The molecule has 0 radical (unpaired) electrons. The smallest absolute Gasteiger partial charge is 0.254 e. The first kappa shape index (κ1) is 18.3. The van der Waals surface area contributed by atoms with E-state index in [9.17, 15) is 14.4 Å². The zero-order chi connectivity index (χ0) is 18.5. The number of ether oxygens (including phenoxy) is 1. The van der Waals surface area contributed by atoms with Gasteiger partial charge in [0, 0.05) is 33.2 Å². The molecule has 2 fully saturated rings. The SMILES string of the molecule is CNC(=O)CN1CCN(C(=O)[C@H]2OCC(=O)N[C@@H]2c2ccccc2)CC1. The topological polar surface area (TPSA) is 91.0 Å². The van der Waals surface area contributed by atoms with Gasteiger partial charge in [-0.2, -0.15) is 0 Å². The number of carbonyl (C=O) groups excluding carboxylic acids is 3. The molecule has 3 amide bonds. The molecule has 2 aliphatic heterocycles. The van der Waals surface area contributed by atoms with Gasteiger partial charge in [-0.15, -0.1) is 0 Å². The summed E-state index contributed by atoms with van der Waals surface area (Å²) in [5.74, 6) is -0.385. The molecule has 0 bridgehead atoms. The maximum absolute atomic E-state index is 13.0. The molecule has 26 heavy (non-hydrogen) atoms. The number of hydrogen-bond acceptors (Lipinski definition) is 5. The van der Waals surface area contributed by atoms with Crippen molar-refractivity contribution < 1.29 is 19.1 Å². The van der Waals surface area contributed by atoms with E-state index < -0.39 is 12.1 Å². The lowest BCUT2D eigenvalue weighted by molar-refractivity contribution is -0.156. The molecule has 2 N–H and O–H groups in total. The molecule has 140 valence electrons. The number of piperazine rings is 1. The van der Waals surface area contributed by atoms with Gasteiger partial charge in [0.05, 0.1) is 12.6 Å². The molecule has 8 heteroatoms. The second-order valence-corrected chi connectivity index (χ2v) is 6.46. The van der Waals surface area contributed by atoms with Crippen LogP contribution in [0.4, 0.5) is 0 Å². The van der Waals surface area contributed by atoms with Gasteiger partial charge in [0.2, 0.25) is 11.8 Å². The van der Waals surface area contributed by atoms with Crippen molar-refractivity contribution in [3.8, 4) is 0 Å². The van der Waals surface area contributed by atoms with Crippen molar-refractivity contribution in [1.29, 1.82) is 0 Å². The summed E-state index contributed by atoms with van der Waals surface area (Å²) in [6, 6.07) is 8.89. The highest BCUT2D eigenvalue weighted by Gasteiger charge is 2.39. The van der Waals surface area contributed by atoms with Gasteiger partial charge in [-0.05, 0) is 5.56 Å². The molecular formula is C18H24N4O4. The minimum Gasteiger partial charge on any atom is -0.358 e. The number of likely N-dealkylation sites (N-methyl/N-ethyl adjacent to an activating group) is 1. The predicted octanol–water partition coefficient (Wildman–Crippen LogP) is -0.867. The fraction of sp³-hybridized carbons (Fsp3) is 0.500. The first-order valence-corrected chi connectivity index (χ1v) is 8.76. The van der Waals surface area contributed by atoms with E-state index in [0.717, 1.165) is 5.56 Å². The van der Waals surface area contributed by atoms with E-state index in [2.05, 4.69) is 10.6 Å². The van der Waals surface area contributed by atoms with Crippen LogP contribution in [-0.2, 0) is 19.1 Å². The van der Waals surface area contributed by atoms with Crippen LogP contribution in [0, 0.1) is 0 Å². The minimum absolute atomic E-state index is 0.0350.